The molecule has 0 saturated heterocycles. The number of carbonyl (C=O) groups is 1. The van der Waals surface area contributed by atoms with Crippen LogP contribution in [0.15, 0.2) is 65.6 Å². The second-order valence-electron chi connectivity index (χ2n) is 6.14. The number of benzene rings is 2. The van der Waals surface area contributed by atoms with Gasteiger partial charge in [-0.2, -0.15) is 0 Å². The fraction of sp³-hybridized carbons (Fsp3) is 0.190. The van der Waals surface area contributed by atoms with Gasteiger partial charge in [-0.25, -0.2) is 4.79 Å². The second kappa shape index (κ2) is 7.60. The van der Waals surface area contributed by atoms with Gasteiger partial charge in [0.2, 0.25) is 0 Å². The minimum absolute atomic E-state index is 0.349. The first-order chi connectivity index (χ1) is 12.4. The van der Waals surface area contributed by atoms with Gasteiger partial charge in [-0.3, -0.25) is 0 Å². The van der Waals surface area contributed by atoms with Crippen molar-refractivity contribution in [2.24, 2.45) is 0 Å². The third-order valence-corrected chi connectivity index (χ3v) is 6.27. The summed E-state index contributed by atoms with van der Waals surface area (Å²) in [6.45, 7) is 2.14. The molecule has 1 heterocycles. The third-order valence-electron chi connectivity index (χ3n) is 4.02. The Morgan fingerprint density at radius 1 is 1.15 bits per heavy atom. The molecule has 0 amide bonds. The van der Waals surface area contributed by atoms with Crippen LogP contribution in [0.1, 0.15) is 18.1 Å². The smallest absolute Gasteiger partial charge is 0.330 e. The largest absolute Gasteiger partial charge is 0.463 e. The molecule has 0 aromatic heterocycles. The molecule has 3 nitrogen and oxygen atoms in total. The van der Waals surface area contributed by atoms with E-state index in [1.54, 1.807) is 6.92 Å². The highest BCUT2D eigenvalue weighted by Crippen LogP contribution is 2.59. The van der Waals surface area contributed by atoms with Crippen LogP contribution < -0.4 is 4.18 Å². The lowest BCUT2D eigenvalue weighted by Crippen LogP contribution is -2.15. The molecule has 0 aliphatic carbocycles. The molecular weight excluding hydrogens is 368 g/mol. The number of ether oxygens (including phenoxy) is 1. The van der Waals surface area contributed by atoms with Crippen LogP contribution >= 0.6 is 21.9 Å². The van der Waals surface area contributed by atoms with Gasteiger partial charge in [0.05, 0.1) is 6.61 Å². The summed E-state index contributed by atoms with van der Waals surface area (Å²) in [5.41, 5.74) is 3.10. The number of fused-ring (bicyclic) bond motifs is 1. The highest BCUT2D eigenvalue weighted by molar-refractivity contribution is 8.32. The van der Waals surface area contributed by atoms with Gasteiger partial charge in [0.15, 0.2) is 0 Å². The Morgan fingerprint density at radius 3 is 2.54 bits per heavy atom. The van der Waals surface area contributed by atoms with E-state index < -0.39 is 10.3 Å². The summed E-state index contributed by atoms with van der Waals surface area (Å²) in [5, 5.41) is 0.685. The molecule has 3 rings (SSSR count). The zero-order valence-corrected chi connectivity index (χ0v) is 16.6. The Kier molecular flexibility index (Phi) is 5.44. The molecule has 0 spiro atoms. The average molecular weight is 389 g/mol. The van der Waals surface area contributed by atoms with E-state index in [1.807, 2.05) is 54.6 Å². The molecule has 1 aliphatic rings. The van der Waals surface area contributed by atoms with Crippen LogP contribution in [0.3, 0.4) is 0 Å². The van der Waals surface area contributed by atoms with Crippen LogP contribution in [0, 0.1) is 0 Å². The first kappa shape index (κ1) is 18.6. The van der Waals surface area contributed by atoms with Crippen molar-refractivity contribution >= 4 is 33.5 Å². The van der Waals surface area contributed by atoms with Crippen molar-refractivity contribution in [1.82, 2.24) is 0 Å². The van der Waals surface area contributed by atoms with Crippen LogP contribution in [0.4, 0.5) is 0 Å². The lowest BCUT2D eigenvalue weighted by atomic mass is 9.96. The molecule has 136 valence electrons. The molecule has 0 atom stereocenters. The summed E-state index contributed by atoms with van der Waals surface area (Å²) in [6, 6.07) is 15.7. The Bertz CT molecular complexity index is 882. The van der Waals surface area contributed by atoms with Gasteiger partial charge in [0.1, 0.15) is 5.75 Å². The van der Waals surface area contributed by atoms with Crippen molar-refractivity contribution in [3.63, 3.8) is 0 Å². The van der Waals surface area contributed by atoms with Crippen LogP contribution in [0.2, 0.25) is 5.02 Å². The van der Waals surface area contributed by atoms with Gasteiger partial charge in [-0.15, -0.1) is 0 Å². The molecule has 0 radical (unpaired) electrons. The third kappa shape index (κ3) is 3.81. The molecule has 0 N–H and O–H groups in total. The lowest BCUT2D eigenvalue weighted by molar-refractivity contribution is -0.137. The van der Waals surface area contributed by atoms with Crippen molar-refractivity contribution in [1.29, 1.82) is 0 Å². The number of para-hydroxylation sites is 1. The molecule has 0 saturated carbocycles. The highest BCUT2D eigenvalue weighted by Gasteiger charge is 2.30. The van der Waals surface area contributed by atoms with Crippen LogP contribution in [0.25, 0.3) is 5.57 Å². The van der Waals surface area contributed by atoms with Crippen molar-refractivity contribution in [2.45, 2.75) is 6.92 Å². The molecule has 1 aliphatic heterocycles. The monoisotopic (exact) mass is 388 g/mol. The average Bonchev–Trinajstić information content (AvgIpc) is 2.60. The van der Waals surface area contributed by atoms with Gasteiger partial charge < -0.3 is 8.92 Å². The maximum atomic E-state index is 11.8. The summed E-state index contributed by atoms with van der Waals surface area (Å²) in [6.07, 6.45) is 7.45. The van der Waals surface area contributed by atoms with Crippen LogP contribution in [-0.2, 0) is 9.53 Å². The fourth-order valence-electron chi connectivity index (χ4n) is 2.89. The Labute approximate surface area is 160 Å². The highest BCUT2D eigenvalue weighted by atomic mass is 35.5. The molecule has 2 aromatic carbocycles. The topological polar surface area (TPSA) is 35.5 Å². The number of hydrogen-bond donors (Lipinski definition) is 0. The van der Waals surface area contributed by atoms with E-state index in [2.05, 4.69) is 12.5 Å². The van der Waals surface area contributed by atoms with Crippen molar-refractivity contribution < 1.29 is 13.7 Å². The quantitative estimate of drug-likeness (QED) is 0.505. The van der Waals surface area contributed by atoms with E-state index >= 15 is 0 Å². The zero-order chi connectivity index (χ0) is 18.7. The molecule has 0 unspecified atom stereocenters. The summed E-state index contributed by atoms with van der Waals surface area (Å²) < 4.78 is 11.3. The number of rotatable bonds is 4. The van der Waals surface area contributed by atoms with Crippen molar-refractivity contribution in [2.75, 3.05) is 19.1 Å². The predicted molar refractivity (Wildman–Crippen MR) is 110 cm³/mol. The van der Waals surface area contributed by atoms with Gasteiger partial charge in [0.25, 0.3) is 0 Å². The molecule has 0 fully saturated rings. The Hall–Kier alpha value is -2.17. The van der Waals surface area contributed by atoms with Crippen molar-refractivity contribution in [3.05, 3.63) is 81.7 Å². The van der Waals surface area contributed by atoms with Gasteiger partial charge in [-0.05, 0) is 36.8 Å². The van der Waals surface area contributed by atoms with E-state index in [9.17, 15) is 4.79 Å². The summed E-state index contributed by atoms with van der Waals surface area (Å²) in [5.74, 6) is 0.496. The molecule has 0 bridgehead atoms. The van der Waals surface area contributed by atoms with Gasteiger partial charge >= 0.3 is 5.97 Å². The normalized spacial score (nSPS) is 16.8. The minimum Gasteiger partial charge on any atom is -0.463 e. The minimum atomic E-state index is -1.60. The number of hydrogen-bond acceptors (Lipinski definition) is 3. The van der Waals surface area contributed by atoms with Gasteiger partial charge in [-0.1, -0.05) is 52.2 Å². The lowest BCUT2D eigenvalue weighted by Gasteiger charge is -2.39. The first-order valence-corrected chi connectivity index (χ1v) is 11.0. The predicted octanol–water partition coefficient (Wildman–Crippen LogP) is 5.59. The maximum Gasteiger partial charge on any atom is 0.330 e. The summed E-state index contributed by atoms with van der Waals surface area (Å²) in [7, 11) is -1.60. The number of esters is 1. The summed E-state index contributed by atoms with van der Waals surface area (Å²) >= 11 is 6.07. The fourth-order valence-corrected chi connectivity index (χ4v) is 4.81. The number of allylic oxidation sites excluding steroid dienone is 1. The first-order valence-electron chi connectivity index (χ1n) is 8.29. The molecule has 26 heavy (non-hydrogen) atoms. The van der Waals surface area contributed by atoms with Crippen LogP contribution in [0.5, 0.6) is 5.75 Å². The van der Waals surface area contributed by atoms with E-state index in [0.29, 0.717) is 11.6 Å². The van der Waals surface area contributed by atoms with E-state index in [1.165, 1.54) is 6.08 Å². The molecule has 2 aromatic rings. The van der Waals surface area contributed by atoms with Gasteiger partial charge in [0, 0.05) is 39.7 Å². The van der Waals surface area contributed by atoms with Crippen LogP contribution in [-0.4, -0.2) is 25.1 Å². The zero-order valence-electron chi connectivity index (χ0n) is 15.0. The Morgan fingerprint density at radius 2 is 1.85 bits per heavy atom. The molecular formula is C21H21ClO3S. The number of halogens is 1. The number of carbonyl (C=O) groups excluding carboxylic acids is 1. The van der Waals surface area contributed by atoms with E-state index in [-0.39, 0.29) is 5.97 Å². The van der Waals surface area contributed by atoms with E-state index in [0.717, 1.165) is 27.4 Å². The SMILES string of the molecule is CCOC(=O)/C=C/C1=C(c2ccc(Cl)cc2)c2ccccc2OS1(C)C. The van der Waals surface area contributed by atoms with E-state index in [4.69, 9.17) is 20.5 Å². The second-order valence-corrected chi connectivity index (χ2v) is 9.65. The summed E-state index contributed by atoms with van der Waals surface area (Å²) in [4.78, 5) is 12.8. The maximum absolute atomic E-state index is 11.8. The van der Waals surface area contributed by atoms with Crippen molar-refractivity contribution in [3.8, 4) is 5.75 Å². The Balaban J connectivity index is 2.22. The molecule has 5 heteroatoms. The standard InChI is InChI=1S/C21H21ClO3S/c1-4-24-20(23)14-13-19-21(15-9-11-16(22)12-10-15)17-7-5-6-8-18(17)25-26(19,2)3/h5-14H,4H2,1-3H3/b14-13+.